The number of rotatable bonds is 10. The molecule has 328 valence electrons. The minimum atomic E-state index is -1.02. The molecule has 2 aromatic carbocycles. The molecule has 64 heavy (non-hydrogen) atoms. The van der Waals surface area contributed by atoms with Gasteiger partial charge >= 0.3 is 0 Å². The Morgan fingerprint density at radius 3 is 2.61 bits per heavy atom. The molecule has 11 rings (SSSR count). The minimum absolute atomic E-state index is 0.0553. The summed E-state index contributed by atoms with van der Waals surface area (Å²) in [6, 6.07) is 14.1. The Morgan fingerprint density at radius 1 is 0.953 bits per heavy atom. The number of aromatic nitrogens is 6. The summed E-state index contributed by atoms with van der Waals surface area (Å²) in [5.74, 6) is 0.218. The maximum Gasteiger partial charge on any atom is 0.278 e. The van der Waals surface area contributed by atoms with E-state index < -0.39 is 11.5 Å². The first kappa shape index (κ1) is 40.3. The molecular formula is C48H50N10O6. The van der Waals surface area contributed by atoms with Gasteiger partial charge in [-0.2, -0.15) is 4.98 Å². The normalized spacial score (nSPS) is 23.4. The van der Waals surface area contributed by atoms with Crippen molar-refractivity contribution in [3.05, 3.63) is 111 Å². The van der Waals surface area contributed by atoms with Gasteiger partial charge < -0.3 is 19.8 Å². The molecule has 16 nitrogen and oxygen atoms in total. The van der Waals surface area contributed by atoms with Crippen molar-refractivity contribution in [3.8, 4) is 5.82 Å². The molecule has 16 heteroatoms. The Labute approximate surface area is 368 Å². The Kier molecular flexibility index (Phi) is 9.83. The monoisotopic (exact) mass is 862 g/mol. The van der Waals surface area contributed by atoms with Crippen LogP contribution in [0.4, 0.5) is 11.6 Å². The zero-order valence-electron chi connectivity index (χ0n) is 35.8. The van der Waals surface area contributed by atoms with E-state index >= 15 is 0 Å². The van der Waals surface area contributed by atoms with Crippen molar-refractivity contribution < 1.29 is 24.0 Å². The number of anilines is 2. The van der Waals surface area contributed by atoms with Gasteiger partial charge in [0.05, 0.1) is 18.2 Å². The fourth-order valence-corrected chi connectivity index (χ4v) is 10.9. The van der Waals surface area contributed by atoms with Gasteiger partial charge in [0.1, 0.15) is 16.7 Å². The number of hydrogen-bond donors (Lipinski definition) is 3. The highest BCUT2D eigenvalue weighted by molar-refractivity contribution is 6.02. The molecule has 3 N–H and O–H groups in total. The molecule has 5 aliphatic rings. The summed E-state index contributed by atoms with van der Waals surface area (Å²) < 4.78 is 9.08. The van der Waals surface area contributed by atoms with Gasteiger partial charge in [0.25, 0.3) is 11.5 Å². The average molecular weight is 863 g/mol. The van der Waals surface area contributed by atoms with Crippen molar-refractivity contribution in [1.82, 2.24) is 44.6 Å². The van der Waals surface area contributed by atoms with Crippen LogP contribution in [0.3, 0.4) is 0 Å². The quantitative estimate of drug-likeness (QED) is 0.113. The summed E-state index contributed by atoms with van der Waals surface area (Å²) >= 11 is 0. The molecule has 0 radical (unpaired) electrons. The van der Waals surface area contributed by atoms with Crippen LogP contribution in [0, 0.1) is 5.92 Å². The molecule has 2 atom stereocenters. The van der Waals surface area contributed by atoms with Crippen molar-refractivity contribution in [3.63, 3.8) is 0 Å². The Bertz CT molecular complexity index is 2980. The first-order valence-electron chi connectivity index (χ1n) is 22.6. The average Bonchev–Trinajstić information content (AvgIpc) is 4.08. The number of amides is 3. The fraction of sp³-hybridized carbons (Fsp3) is 0.417. The molecule has 3 amide bonds. The SMILES string of the molecule is C=CCn1c(=O)c2cnc(Nc3ccc4c(c3)CCN(CC3CCC(N5Cc6ccc7c(C8CCC(=O)NC8=O)noc7c6C5)CC3)C4=O)nc2n1-c1ccc2c(n1)[C@@](O)(CC)CC2. The van der Waals surface area contributed by atoms with Gasteiger partial charge in [0.2, 0.25) is 17.8 Å². The second-order valence-corrected chi connectivity index (χ2v) is 18.2. The third kappa shape index (κ3) is 6.73. The molecule has 4 aromatic heterocycles. The summed E-state index contributed by atoms with van der Waals surface area (Å²) in [4.78, 5) is 70.6. The summed E-state index contributed by atoms with van der Waals surface area (Å²) in [5.41, 5.74) is 6.87. The van der Waals surface area contributed by atoms with Crippen LogP contribution in [-0.4, -0.2) is 81.2 Å². The first-order chi connectivity index (χ1) is 31.1. The Morgan fingerprint density at radius 2 is 1.80 bits per heavy atom. The molecular weight excluding hydrogens is 813 g/mol. The van der Waals surface area contributed by atoms with Crippen LogP contribution in [0.5, 0.6) is 0 Å². The number of allylic oxidation sites excluding steroid dienone is 1. The number of fused-ring (bicyclic) bond motifs is 6. The molecule has 0 spiro atoms. The van der Waals surface area contributed by atoms with E-state index in [1.54, 1.807) is 10.8 Å². The second kappa shape index (κ2) is 15.6. The summed E-state index contributed by atoms with van der Waals surface area (Å²) in [7, 11) is 0. The lowest BCUT2D eigenvalue weighted by atomic mass is 9.84. The molecule has 7 heterocycles. The molecule has 6 aromatic rings. The number of hydrogen-bond acceptors (Lipinski definition) is 12. The number of aliphatic hydroxyl groups is 1. The van der Waals surface area contributed by atoms with E-state index in [1.807, 2.05) is 48.2 Å². The van der Waals surface area contributed by atoms with E-state index in [9.17, 15) is 24.3 Å². The van der Waals surface area contributed by atoms with E-state index in [2.05, 4.69) is 38.3 Å². The van der Waals surface area contributed by atoms with Gasteiger partial charge in [-0.05, 0) is 111 Å². The summed E-state index contributed by atoms with van der Waals surface area (Å²) in [5, 5.41) is 22.6. The number of nitrogens with zero attached hydrogens (tertiary/aromatic N) is 8. The van der Waals surface area contributed by atoms with Crippen molar-refractivity contribution >= 4 is 51.4 Å². The van der Waals surface area contributed by atoms with Crippen LogP contribution in [0.2, 0.25) is 0 Å². The zero-order chi connectivity index (χ0) is 43.9. The van der Waals surface area contributed by atoms with Gasteiger partial charge in [0.15, 0.2) is 17.0 Å². The first-order valence-corrected chi connectivity index (χ1v) is 22.6. The standard InChI is InChI=1S/C48H50N10O6/c1-3-20-57-46(62)36-23-49-47(53-43(36)58(57)38-15-8-28-17-19-48(63,4-2)42(28)51-38)50-31-9-13-33-29(22-31)18-21-55(45(33)61)24-27-5-10-32(11-6-27)56-25-30-7-12-34-40(54-64-41(34)37(30)26-56)35-14-16-39(59)52-44(35)60/h3,7-9,12-13,15,22-23,27,32,35,63H,1,4-6,10-11,14,16-21,24-26H2,2H3,(H,49,50,53)(H,52,59,60)/t27?,32?,35?,48-/m1/s1. The third-order valence-corrected chi connectivity index (χ3v) is 14.5. The number of benzene rings is 2. The van der Waals surface area contributed by atoms with Gasteiger partial charge in [-0.3, -0.25) is 29.4 Å². The van der Waals surface area contributed by atoms with E-state index in [-0.39, 0.29) is 29.8 Å². The molecule has 2 aliphatic carbocycles. The lowest BCUT2D eigenvalue weighted by Gasteiger charge is -2.37. The van der Waals surface area contributed by atoms with Crippen molar-refractivity contribution in [2.45, 2.75) is 108 Å². The van der Waals surface area contributed by atoms with Crippen LogP contribution >= 0.6 is 0 Å². The molecule has 2 fully saturated rings. The summed E-state index contributed by atoms with van der Waals surface area (Å²) in [6.07, 6.45) is 10.7. The van der Waals surface area contributed by atoms with Crippen molar-refractivity contribution in [1.29, 1.82) is 0 Å². The topological polar surface area (TPSA) is 194 Å². The number of piperidine rings is 1. The Balaban J connectivity index is 0.739. The van der Waals surface area contributed by atoms with Gasteiger partial charge in [-0.25, -0.2) is 19.3 Å². The fourth-order valence-electron chi connectivity index (χ4n) is 10.9. The maximum absolute atomic E-state index is 13.9. The Hall–Kier alpha value is -6.52. The lowest BCUT2D eigenvalue weighted by Crippen LogP contribution is -2.42. The van der Waals surface area contributed by atoms with Crippen LogP contribution in [0.25, 0.3) is 27.8 Å². The largest absolute Gasteiger partial charge is 0.384 e. The van der Waals surface area contributed by atoms with Crippen LogP contribution in [-0.2, 0) is 47.7 Å². The third-order valence-electron chi connectivity index (χ3n) is 14.5. The second-order valence-electron chi connectivity index (χ2n) is 18.2. The number of aryl methyl sites for hydroxylation is 1. The molecule has 3 aliphatic heterocycles. The highest BCUT2D eigenvalue weighted by atomic mass is 16.5. The minimum Gasteiger partial charge on any atom is -0.384 e. The van der Waals surface area contributed by atoms with Crippen LogP contribution in [0.1, 0.15) is 108 Å². The van der Waals surface area contributed by atoms with E-state index in [0.717, 1.165) is 91.5 Å². The number of carbonyl (C=O) groups excluding carboxylic acids is 3. The van der Waals surface area contributed by atoms with Gasteiger partial charge in [0, 0.05) is 67.0 Å². The number of nitrogens with one attached hydrogen (secondary N) is 2. The zero-order valence-corrected chi connectivity index (χ0v) is 35.8. The van der Waals surface area contributed by atoms with Crippen LogP contribution in [0.15, 0.2) is 70.6 Å². The molecule has 0 bridgehead atoms. The van der Waals surface area contributed by atoms with Gasteiger partial charge in [-0.1, -0.05) is 30.3 Å². The lowest BCUT2D eigenvalue weighted by molar-refractivity contribution is -0.134. The van der Waals surface area contributed by atoms with Crippen molar-refractivity contribution in [2.75, 3.05) is 18.4 Å². The van der Waals surface area contributed by atoms with Crippen LogP contribution < -0.4 is 16.2 Å². The molecule has 1 unspecified atom stereocenters. The number of pyridine rings is 1. The predicted molar refractivity (Wildman–Crippen MR) is 237 cm³/mol. The van der Waals surface area contributed by atoms with E-state index in [4.69, 9.17) is 14.5 Å². The molecule has 1 saturated carbocycles. The van der Waals surface area contributed by atoms with E-state index in [0.29, 0.717) is 83.9 Å². The predicted octanol–water partition coefficient (Wildman–Crippen LogP) is 5.68. The van der Waals surface area contributed by atoms with E-state index in [1.165, 1.54) is 16.4 Å². The highest BCUT2D eigenvalue weighted by Gasteiger charge is 2.38. The van der Waals surface area contributed by atoms with Gasteiger partial charge in [-0.15, -0.1) is 6.58 Å². The highest BCUT2D eigenvalue weighted by Crippen LogP contribution is 2.41. The smallest absolute Gasteiger partial charge is 0.278 e. The molecule has 1 saturated heterocycles. The van der Waals surface area contributed by atoms with Crippen molar-refractivity contribution in [2.24, 2.45) is 5.92 Å². The maximum atomic E-state index is 13.9. The number of carbonyl (C=O) groups is 3. The number of imide groups is 1. The summed E-state index contributed by atoms with van der Waals surface area (Å²) in [6.45, 7) is 9.04.